The van der Waals surface area contributed by atoms with E-state index in [-0.39, 0.29) is 5.75 Å². The standard InChI is InChI=1S/C16H20F3N3O/c1-12(11-22-8-7-21-13(22)2)9-20-10-14-3-5-15(6-4-14)23-16(17,18)19/h3-8,12,20H,9-11H2,1-2H3. The average Bonchev–Trinajstić information content (AvgIpc) is 2.84. The first-order chi connectivity index (χ1) is 10.8. The molecule has 1 aromatic carbocycles. The molecular formula is C16H20F3N3O. The summed E-state index contributed by atoms with van der Waals surface area (Å²) in [5.74, 6) is 1.19. The van der Waals surface area contributed by atoms with E-state index in [0.717, 1.165) is 24.5 Å². The molecule has 0 aliphatic heterocycles. The lowest BCUT2D eigenvalue weighted by Gasteiger charge is -2.14. The van der Waals surface area contributed by atoms with E-state index in [1.54, 1.807) is 18.3 Å². The van der Waals surface area contributed by atoms with Crippen molar-refractivity contribution in [2.24, 2.45) is 5.92 Å². The van der Waals surface area contributed by atoms with Gasteiger partial charge < -0.3 is 14.6 Å². The van der Waals surface area contributed by atoms with Gasteiger partial charge in [0, 0.05) is 25.5 Å². The summed E-state index contributed by atoms with van der Waals surface area (Å²) in [5, 5.41) is 3.30. The largest absolute Gasteiger partial charge is 0.573 e. The van der Waals surface area contributed by atoms with Crippen molar-refractivity contribution < 1.29 is 17.9 Å². The van der Waals surface area contributed by atoms with E-state index >= 15 is 0 Å². The number of benzene rings is 1. The summed E-state index contributed by atoms with van der Waals surface area (Å²) in [6.45, 7) is 6.37. The van der Waals surface area contributed by atoms with Gasteiger partial charge in [0.15, 0.2) is 0 Å². The summed E-state index contributed by atoms with van der Waals surface area (Å²) in [7, 11) is 0. The summed E-state index contributed by atoms with van der Waals surface area (Å²) in [6.07, 6.45) is -0.925. The zero-order chi connectivity index (χ0) is 16.9. The third-order valence-corrected chi connectivity index (χ3v) is 3.41. The molecule has 0 spiro atoms. The molecule has 0 fully saturated rings. The van der Waals surface area contributed by atoms with Crippen molar-refractivity contribution in [2.75, 3.05) is 6.54 Å². The average molecular weight is 327 g/mol. The zero-order valence-electron chi connectivity index (χ0n) is 13.1. The van der Waals surface area contributed by atoms with Gasteiger partial charge in [0.2, 0.25) is 0 Å². The normalized spacial score (nSPS) is 13.1. The number of rotatable bonds is 7. The molecule has 126 valence electrons. The van der Waals surface area contributed by atoms with Gasteiger partial charge in [0.1, 0.15) is 11.6 Å². The lowest BCUT2D eigenvalue weighted by molar-refractivity contribution is -0.274. The lowest BCUT2D eigenvalue weighted by atomic mass is 10.1. The van der Waals surface area contributed by atoms with Gasteiger partial charge in [0.05, 0.1) is 0 Å². The minimum absolute atomic E-state index is 0.204. The number of nitrogens with zero attached hydrogens (tertiary/aromatic N) is 2. The molecule has 1 N–H and O–H groups in total. The SMILES string of the molecule is Cc1nccn1CC(C)CNCc1ccc(OC(F)(F)F)cc1. The fraction of sp³-hybridized carbons (Fsp3) is 0.438. The quantitative estimate of drug-likeness (QED) is 0.846. The minimum Gasteiger partial charge on any atom is -0.406 e. The molecule has 1 heterocycles. The molecule has 7 heteroatoms. The highest BCUT2D eigenvalue weighted by molar-refractivity contribution is 5.27. The molecule has 0 saturated heterocycles. The molecule has 1 atom stereocenters. The van der Waals surface area contributed by atoms with E-state index in [0.29, 0.717) is 12.5 Å². The molecule has 0 bridgehead atoms. The van der Waals surface area contributed by atoms with Crippen molar-refractivity contribution in [1.82, 2.24) is 14.9 Å². The first kappa shape index (κ1) is 17.3. The lowest BCUT2D eigenvalue weighted by Crippen LogP contribution is -2.24. The van der Waals surface area contributed by atoms with E-state index in [1.807, 2.05) is 13.1 Å². The van der Waals surface area contributed by atoms with Crippen molar-refractivity contribution in [3.8, 4) is 5.75 Å². The van der Waals surface area contributed by atoms with Crippen LogP contribution in [0.5, 0.6) is 5.75 Å². The van der Waals surface area contributed by atoms with E-state index in [1.165, 1.54) is 12.1 Å². The molecule has 23 heavy (non-hydrogen) atoms. The third-order valence-electron chi connectivity index (χ3n) is 3.41. The first-order valence-electron chi connectivity index (χ1n) is 7.36. The van der Waals surface area contributed by atoms with Crippen LogP contribution in [0.25, 0.3) is 0 Å². The molecule has 2 aromatic rings. The Morgan fingerprint density at radius 1 is 1.26 bits per heavy atom. The topological polar surface area (TPSA) is 39.1 Å². The molecule has 2 rings (SSSR count). The third kappa shape index (κ3) is 5.94. The van der Waals surface area contributed by atoms with Gasteiger partial charge >= 0.3 is 6.36 Å². The minimum atomic E-state index is -4.65. The number of alkyl halides is 3. The number of imidazole rings is 1. The fourth-order valence-corrected chi connectivity index (χ4v) is 2.27. The van der Waals surface area contributed by atoms with Gasteiger partial charge in [-0.15, -0.1) is 13.2 Å². The maximum absolute atomic E-state index is 12.1. The molecule has 0 radical (unpaired) electrons. The first-order valence-corrected chi connectivity index (χ1v) is 7.36. The Morgan fingerprint density at radius 2 is 1.96 bits per heavy atom. The second-order valence-corrected chi connectivity index (χ2v) is 5.55. The van der Waals surface area contributed by atoms with Crippen molar-refractivity contribution >= 4 is 0 Å². The van der Waals surface area contributed by atoms with Crippen LogP contribution in [0.2, 0.25) is 0 Å². The Bertz CT molecular complexity index is 608. The Labute approximate surface area is 133 Å². The van der Waals surface area contributed by atoms with Crippen LogP contribution < -0.4 is 10.1 Å². The van der Waals surface area contributed by atoms with Gasteiger partial charge in [0.25, 0.3) is 0 Å². The van der Waals surface area contributed by atoms with Crippen molar-refractivity contribution in [2.45, 2.75) is 33.3 Å². The maximum Gasteiger partial charge on any atom is 0.573 e. The zero-order valence-corrected chi connectivity index (χ0v) is 13.1. The molecule has 0 aliphatic rings. The Balaban J connectivity index is 1.74. The molecule has 1 aromatic heterocycles. The summed E-state index contributed by atoms with van der Waals surface area (Å²) in [6, 6.07) is 5.89. The second-order valence-electron chi connectivity index (χ2n) is 5.55. The van der Waals surface area contributed by atoms with E-state index in [2.05, 4.69) is 26.5 Å². The van der Waals surface area contributed by atoms with Crippen LogP contribution in [0, 0.1) is 12.8 Å². The van der Waals surface area contributed by atoms with Crippen LogP contribution in [0.4, 0.5) is 13.2 Å². The van der Waals surface area contributed by atoms with Crippen molar-refractivity contribution in [3.05, 3.63) is 48.0 Å². The second kappa shape index (κ2) is 7.50. The summed E-state index contributed by atoms with van der Waals surface area (Å²) in [4.78, 5) is 4.18. The fourth-order valence-electron chi connectivity index (χ4n) is 2.27. The van der Waals surface area contributed by atoms with Crippen LogP contribution in [-0.4, -0.2) is 22.5 Å². The van der Waals surface area contributed by atoms with Gasteiger partial charge in [-0.1, -0.05) is 19.1 Å². The Hall–Kier alpha value is -2.02. The van der Waals surface area contributed by atoms with Crippen molar-refractivity contribution in [3.63, 3.8) is 0 Å². The maximum atomic E-state index is 12.1. The molecule has 0 saturated carbocycles. The van der Waals surface area contributed by atoms with Gasteiger partial charge in [-0.2, -0.15) is 0 Å². The van der Waals surface area contributed by atoms with E-state index in [9.17, 15) is 13.2 Å². The van der Waals surface area contributed by atoms with Gasteiger partial charge in [-0.25, -0.2) is 4.98 Å². The smallest absolute Gasteiger partial charge is 0.406 e. The van der Waals surface area contributed by atoms with Crippen LogP contribution in [0.1, 0.15) is 18.3 Å². The van der Waals surface area contributed by atoms with Crippen LogP contribution in [0.3, 0.4) is 0 Å². The predicted molar refractivity (Wildman–Crippen MR) is 81.0 cm³/mol. The van der Waals surface area contributed by atoms with Crippen molar-refractivity contribution in [1.29, 1.82) is 0 Å². The summed E-state index contributed by atoms with van der Waals surface area (Å²) < 4.78 is 42.2. The monoisotopic (exact) mass is 327 g/mol. The van der Waals surface area contributed by atoms with E-state index in [4.69, 9.17) is 0 Å². The number of halogens is 3. The number of hydrogen-bond donors (Lipinski definition) is 1. The van der Waals surface area contributed by atoms with Crippen LogP contribution in [-0.2, 0) is 13.1 Å². The Kier molecular flexibility index (Phi) is 5.65. The van der Waals surface area contributed by atoms with Crippen LogP contribution in [0.15, 0.2) is 36.7 Å². The molecule has 1 unspecified atom stereocenters. The number of nitrogens with one attached hydrogen (secondary N) is 1. The highest BCUT2D eigenvalue weighted by Crippen LogP contribution is 2.22. The van der Waals surface area contributed by atoms with Gasteiger partial charge in [-0.3, -0.25) is 0 Å². The van der Waals surface area contributed by atoms with Gasteiger partial charge in [-0.05, 0) is 37.1 Å². The summed E-state index contributed by atoms with van der Waals surface area (Å²) >= 11 is 0. The number of hydrogen-bond acceptors (Lipinski definition) is 3. The number of ether oxygens (including phenoxy) is 1. The van der Waals surface area contributed by atoms with E-state index < -0.39 is 6.36 Å². The number of aromatic nitrogens is 2. The highest BCUT2D eigenvalue weighted by Gasteiger charge is 2.30. The Morgan fingerprint density at radius 3 is 2.52 bits per heavy atom. The highest BCUT2D eigenvalue weighted by atomic mass is 19.4. The predicted octanol–water partition coefficient (Wildman–Crippen LogP) is 3.52. The molecular weight excluding hydrogens is 307 g/mol. The molecule has 4 nitrogen and oxygen atoms in total. The molecule has 0 amide bonds. The van der Waals surface area contributed by atoms with Crippen LogP contribution >= 0.6 is 0 Å². The summed E-state index contributed by atoms with van der Waals surface area (Å²) in [5.41, 5.74) is 0.908. The molecule has 0 aliphatic carbocycles. The number of aryl methyl sites for hydroxylation is 1.